The predicted octanol–water partition coefficient (Wildman–Crippen LogP) is 6.75. The Hall–Kier alpha value is -3.35. The zero-order chi connectivity index (χ0) is 30.4. The van der Waals surface area contributed by atoms with Gasteiger partial charge in [0, 0.05) is 19.0 Å². The number of hydrogen-bond donors (Lipinski definition) is 2. The van der Waals surface area contributed by atoms with Crippen molar-refractivity contribution in [1.29, 1.82) is 0 Å². The van der Waals surface area contributed by atoms with E-state index < -0.39 is 23.8 Å². The Bertz CT molecular complexity index is 1080. The first kappa shape index (κ1) is 33.9. The molecule has 2 aromatic carbocycles. The van der Waals surface area contributed by atoms with Crippen molar-refractivity contribution < 1.29 is 19.1 Å². The number of nitrogens with one attached hydrogen (secondary N) is 2. The highest BCUT2D eigenvalue weighted by Crippen LogP contribution is 2.25. The molecule has 2 aromatic rings. The molecule has 41 heavy (non-hydrogen) atoms. The molecule has 3 amide bonds. The molecule has 0 bridgehead atoms. The maximum absolute atomic E-state index is 14.5. The molecule has 7 heteroatoms. The third-order valence-corrected chi connectivity index (χ3v) is 6.93. The van der Waals surface area contributed by atoms with E-state index in [1.165, 1.54) is 0 Å². The lowest BCUT2D eigenvalue weighted by atomic mass is 9.98. The summed E-state index contributed by atoms with van der Waals surface area (Å²) in [7, 11) is 0. The number of carbonyl (C=O) groups is 3. The molecule has 0 fully saturated rings. The maximum atomic E-state index is 14.5. The highest BCUT2D eigenvalue weighted by molar-refractivity contribution is 5.92. The van der Waals surface area contributed by atoms with E-state index in [1.807, 2.05) is 61.5 Å². The van der Waals surface area contributed by atoms with Crippen LogP contribution in [-0.4, -0.2) is 47.0 Å². The van der Waals surface area contributed by atoms with Gasteiger partial charge in [0.05, 0.1) is 0 Å². The first-order valence-corrected chi connectivity index (χ1v) is 15.2. The normalized spacial score (nSPS) is 13.5. The van der Waals surface area contributed by atoms with Gasteiger partial charge < -0.3 is 20.3 Å². The molecule has 0 aromatic heterocycles. The first-order chi connectivity index (χ1) is 19.5. The minimum absolute atomic E-state index is 0.0301. The van der Waals surface area contributed by atoms with Gasteiger partial charge in [0.25, 0.3) is 0 Å². The van der Waals surface area contributed by atoms with Crippen LogP contribution in [-0.2, 0) is 27.2 Å². The van der Waals surface area contributed by atoms with Gasteiger partial charge in [0.2, 0.25) is 11.8 Å². The molecular weight excluding hydrogens is 514 g/mol. The summed E-state index contributed by atoms with van der Waals surface area (Å²) in [5.74, 6) is -0.519. The Morgan fingerprint density at radius 2 is 1.51 bits per heavy atom. The first-order valence-electron chi connectivity index (χ1n) is 15.2. The number of benzene rings is 2. The van der Waals surface area contributed by atoms with E-state index in [0.717, 1.165) is 55.2 Å². The van der Waals surface area contributed by atoms with Gasteiger partial charge in [-0.15, -0.1) is 0 Å². The fourth-order valence-corrected chi connectivity index (χ4v) is 4.83. The van der Waals surface area contributed by atoms with Crippen LogP contribution in [0.25, 0.3) is 0 Å². The third kappa shape index (κ3) is 11.6. The van der Waals surface area contributed by atoms with E-state index in [9.17, 15) is 14.4 Å². The number of unbranched alkanes of at least 4 members (excludes halogenated alkanes) is 2. The van der Waals surface area contributed by atoms with E-state index >= 15 is 0 Å². The predicted molar refractivity (Wildman–Crippen MR) is 166 cm³/mol. The van der Waals surface area contributed by atoms with E-state index in [0.29, 0.717) is 6.54 Å². The number of hydrogen-bond acceptors (Lipinski definition) is 4. The molecular formula is C34H51N3O4. The van der Waals surface area contributed by atoms with Crippen molar-refractivity contribution in [2.45, 2.75) is 117 Å². The number of nitrogens with zero attached hydrogens (tertiary/aromatic N) is 1. The van der Waals surface area contributed by atoms with Gasteiger partial charge in [0.15, 0.2) is 0 Å². The van der Waals surface area contributed by atoms with Crippen LogP contribution in [0.2, 0.25) is 0 Å². The summed E-state index contributed by atoms with van der Waals surface area (Å²) in [6.07, 6.45) is 4.91. The smallest absolute Gasteiger partial charge is 0.408 e. The molecule has 0 heterocycles. The van der Waals surface area contributed by atoms with Crippen LogP contribution in [0.4, 0.5) is 4.79 Å². The topological polar surface area (TPSA) is 87.7 Å². The van der Waals surface area contributed by atoms with Crippen LogP contribution >= 0.6 is 0 Å². The number of ether oxygens (including phenoxy) is 1. The second-order valence-electron chi connectivity index (χ2n) is 11.8. The summed E-state index contributed by atoms with van der Waals surface area (Å²) in [6, 6.07) is 15.7. The molecule has 7 nitrogen and oxygen atoms in total. The molecule has 226 valence electrons. The summed E-state index contributed by atoms with van der Waals surface area (Å²) < 4.78 is 5.53. The summed E-state index contributed by atoms with van der Waals surface area (Å²) in [5, 5.41) is 5.98. The Morgan fingerprint density at radius 1 is 0.854 bits per heavy atom. The number of carbonyl (C=O) groups excluding carboxylic acids is 3. The SMILES string of the molecule is CCCCCN(C(=O)C(Cc1ccccc1)NC(=O)OC(C)(C)C)C(C(=O)NC(C)CCC)c1ccc(CC)cc1. The molecule has 2 rings (SSSR count). The summed E-state index contributed by atoms with van der Waals surface area (Å²) >= 11 is 0. The summed E-state index contributed by atoms with van der Waals surface area (Å²) in [5.41, 5.74) is 2.10. The monoisotopic (exact) mass is 565 g/mol. The van der Waals surface area contributed by atoms with Gasteiger partial charge in [-0.1, -0.05) is 94.6 Å². The molecule has 0 radical (unpaired) electrons. The Balaban J connectivity index is 2.55. The van der Waals surface area contributed by atoms with Crippen LogP contribution in [0.1, 0.15) is 103 Å². The van der Waals surface area contributed by atoms with Crippen LogP contribution in [0, 0.1) is 0 Å². The fourth-order valence-electron chi connectivity index (χ4n) is 4.83. The number of rotatable bonds is 15. The van der Waals surface area contributed by atoms with Crippen LogP contribution in [0.15, 0.2) is 54.6 Å². The molecule has 0 spiro atoms. The average molecular weight is 566 g/mol. The maximum Gasteiger partial charge on any atom is 0.408 e. The van der Waals surface area contributed by atoms with Gasteiger partial charge in [0.1, 0.15) is 17.7 Å². The number of aryl methyl sites for hydroxylation is 1. The highest BCUT2D eigenvalue weighted by atomic mass is 16.6. The van der Waals surface area contributed by atoms with Crippen molar-refractivity contribution in [1.82, 2.24) is 15.5 Å². The van der Waals surface area contributed by atoms with E-state index in [1.54, 1.807) is 25.7 Å². The second kappa shape index (κ2) is 16.8. The Labute approximate surface area is 247 Å². The molecule has 0 saturated heterocycles. The van der Waals surface area contributed by atoms with Crippen molar-refractivity contribution in [3.8, 4) is 0 Å². The quantitative estimate of drug-likeness (QED) is 0.234. The lowest BCUT2D eigenvalue weighted by Crippen LogP contribution is -2.54. The van der Waals surface area contributed by atoms with E-state index in [2.05, 4.69) is 31.4 Å². The van der Waals surface area contributed by atoms with Crippen molar-refractivity contribution in [3.63, 3.8) is 0 Å². The molecule has 3 atom stereocenters. The molecule has 2 N–H and O–H groups in total. The molecule has 3 unspecified atom stereocenters. The lowest BCUT2D eigenvalue weighted by molar-refractivity contribution is -0.142. The fraction of sp³-hybridized carbons (Fsp3) is 0.559. The summed E-state index contributed by atoms with van der Waals surface area (Å²) in [4.78, 5) is 43.0. The summed E-state index contributed by atoms with van der Waals surface area (Å²) in [6.45, 7) is 14.0. The number of amides is 3. The van der Waals surface area contributed by atoms with Crippen LogP contribution in [0.5, 0.6) is 0 Å². The van der Waals surface area contributed by atoms with E-state index in [-0.39, 0.29) is 24.3 Å². The van der Waals surface area contributed by atoms with Gasteiger partial charge in [-0.05, 0) is 63.6 Å². The minimum Gasteiger partial charge on any atom is -0.444 e. The number of alkyl carbamates (subject to hydrolysis) is 1. The van der Waals surface area contributed by atoms with Gasteiger partial charge >= 0.3 is 6.09 Å². The van der Waals surface area contributed by atoms with Crippen molar-refractivity contribution in [2.75, 3.05) is 6.54 Å². The Kier molecular flexibility index (Phi) is 13.9. The standard InChI is InChI=1S/C34H51N3O4/c1-8-11-15-23-37(30(31(38)35-25(4)16-9-2)28-21-19-26(10-3)20-22-28)32(39)29(24-27-17-13-12-14-18-27)36-33(40)41-34(5,6)7/h12-14,17-22,25,29-30H,8-11,15-16,23-24H2,1-7H3,(H,35,38)(H,36,40). The average Bonchev–Trinajstić information content (AvgIpc) is 2.91. The van der Waals surface area contributed by atoms with Gasteiger partial charge in [-0.2, -0.15) is 0 Å². The molecule has 0 aliphatic heterocycles. The molecule has 0 aliphatic rings. The largest absolute Gasteiger partial charge is 0.444 e. The van der Waals surface area contributed by atoms with Crippen molar-refractivity contribution in [3.05, 3.63) is 71.3 Å². The second-order valence-corrected chi connectivity index (χ2v) is 11.8. The molecule has 0 aliphatic carbocycles. The third-order valence-electron chi connectivity index (χ3n) is 6.93. The van der Waals surface area contributed by atoms with Crippen LogP contribution < -0.4 is 10.6 Å². The zero-order valence-corrected chi connectivity index (χ0v) is 26.2. The Morgan fingerprint density at radius 3 is 2.07 bits per heavy atom. The van der Waals surface area contributed by atoms with Crippen LogP contribution in [0.3, 0.4) is 0 Å². The van der Waals surface area contributed by atoms with Gasteiger partial charge in [-0.3, -0.25) is 9.59 Å². The minimum atomic E-state index is -0.910. The van der Waals surface area contributed by atoms with Crippen molar-refractivity contribution >= 4 is 17.9 Å². The zero-order valence-electron chi connectivity index (χ0n) is 26.2. The highest BCUT2D eigenvalue weighted by Gasteiger charge is 2.36. The molecule has 0 saturated carbocycles. The van der Waals surface area contributed by atoms with Gasteiger partial charge in [-0.25, -0.2) is 4.79 Å². The van der Waals surface area contributed by atoms with Crippen molar-refractivity contribution in [2.24, 2.45) is 0 Å². The lowest BCUT2D eigenvalue weighted by Gasteiger charge is -2.35. The van der Waals surface area contributed by atoms with E-state index in [4.69, 9.17) is 4.74 Å².